The van der Waals surface area contributed by atoms with E-state index in [0.29, 0.717) is 6.61 Å². The lowest BCUT2D eigenvalue weighted by atomic mass is 10.1. The Morgan fingerprint density at radius 1 is 1.33 bits per heavy atom. The van der Waals surface area contributed by atoms with Crippen LogP contribution in [-0.4, -0.2) is 4.98 Å². The number of aryl methyl sites for hydroxylation is 2. The number of nitrogens with zero attached hydrogens (tertiary/aromatic N) is 1. The van der Waals surface area contributed by atoms with E-state index in [1.54, 1.807) is 11.3 Å². The van der Waals surface area contributed by atoms with Crippen LogP contribution in [0.2, 0.25) is 0 Å². The molecule has 0 saturated heterocycles. The van der Waals surface area contributed by atoms with Gasteiger partial charge < -0.3 is 4.74 Å². The number of benzene rings is 1. The fourth-order valence-corrected chi connectivity index (χ4v) is 3.36. The number of hydrogen-bond acceptors (Lipinski definition) is 3. The third-order valence-electron chi connectivity index (χ3n) is 2.49. The summed E-state index contributed by atoms with van der Waals surface area (Å²) in [6.07, 6.45) is 0. The first-order chi connectivity index (χ1) is 8.60. The summed E-state index contributed by atoms with van der Waals surface area (Å²) in [5, 5.41) is 3.89. The van der Waals surface area contributed by atoms with Crippen molar-refractivity contribution in [2.24, 2.45) is 0 Å². The molecular weight excluding hydrogens is 378 g/mol. The molecule has 96 valence electrons. The highest BCUT2D eigenvalue weighted by molar-refractivity contribution is 9.10. The number of ether oxygens (including phenoxy) is 1. The van der Waals surface area contributed by atoms with Crippen LogP contribution in [0.1, 0.15) is 21.8 Å². The second-order valence-corrected chi connectivity index (χ2v) is 6.53. The third-order valence-corrected chi connectivity index (χ3v) is 4.38. The molecule has 0 N–H and O–H groups in total. The van der Waals surface area contributed by atoms with Gasteiger partial charge in [-0.2, -0.15) is 0 Å². The molecule has 0 fully saturated rings. The average Bonchev–Trinajstić information content (AvgIpc) is 2.73. The van der Waals surface area contributed by atoms with E-state index in [9.17, 15) is 0 Å². The standard InChI is InChI=1S/C13H13Br2NOS/c1-8-3-11(15)4-10(5-14)13(8)17-6-12-7-18-9(2)16-12/h3-4,7H,5-6H2,1-2H3. The third kappa shape index (κ3) is 3.33. The number of thiazole rings is 1. The maximum atomic E-state index is 5.91. The monoisotopic (exact) mass is 389 g/mol. The molecule has 18 heavy (non-hydrogen) atoms. The predicted octanol–water partition coefficient (Wildman–Crippen LogP) is 5.00. The average molecular weight is 391 g/mol. The lowest BCUT2D eigenvalue weighted by molar-refractivity contribution is 0.297. The van der Waals surface area contributed by atoms with Crippen LogP contribution in [0.3, 0.4) is 0 Å². The highest BCUT2D eigenvalue weighted by Gasteiger charge is 2.09. The van der Waals surface area contributed by atoms with Crippen molar-refractivity contribution in [3.63, 3.8) is 0 Å². The van der Waals surface area contributed by atoms with Gasteiger partial charge in [0.05, 0.1) is 10.7 Å². The van der Waals surface area contributed by atoms with Crippen molar-refractivity contribution in [2.75, 3.05) is 0 Å². The summed E-state index contributed by atoms with van der Waals surface area (Å²) in [5.41, 5.74) is 3.26. The Morgan fingerprint density at radius 2 is 2.11 bits per heavy atom. The van der Waals surface area contributed by atoms with E-state index >= 15 is 0 Å². The summed E-state index contributed by atoms with van der Waals surface area (Å²) in [7, 11) is 0. The summed E-state index contributed by atoms with van der Waals surface area (Å²) in [5.74, 6) is 0.945. The molecule has 0 spiro atoms. The van der Waals surface area contributed by atoms with Crippen molar-refractivity contribution >= 4 is 43.2 Å². The largest absolute Gasteiger partial charge is 0.487 e. The van der Waals surface area contributed by atoms with Crippen molar-refractivity contribution in [1.82, 2.24) is 4.98 Å². The van der Waals surface area contributed by atoms with Gasteiger partial charge in [0.1, 0.15) is 12.4 Å². The van der Waals surface area contributed by atoms with Crippen LogP contribution in [-0.2, 0) is 11.9 Å². The minimum absolute atomic E-state index is 0.521. The SMILES string of the molecule is Cc1nc(COc2c(C)cc(Br)cc2CBr)cs1. The van der Waals surface area contributed by atoms with E-state index in [0.717, 1.165) is 37.4 Å². The number of alkyl halides is 1. The maximum Gasteiger partial charge on any atom is 0.131 e. The number of halogens is 2. The van der Waals surface area contributed by atoms with Crippen molar-refractivity contribution in [3.05, 3.63) is 43.8 Å². The second kappa shape index (κ2) is 6.17. The topological polar surface area (TPSA) is 22.1 Å². The molecule has 2 nitrogen and oxygen atoms in total. The molecule has 0 amide bonds. The Labute approximate surface area is 128 Å². The smallest absolute Gasteiger partial charge is 0.131 e. The molecular formula is C13H13Br2NOS. The lowest BCUT2D eigenvalue weighted by Crippen LogP contribution is -2.00. The van der Waals surface area contributed by atoms with Gasteiger partial charge in [-0.3, -0.25) is 0 Å². The quantitative estimate of drug-likeness (QED) is 0.685. The van der Waals surface area contributed by atoms with Crippen LogP contribution in [0.5, 0.6) is 5.75 Å². The van der Waals surface area contributed by atoms with Crippen LogP contribution in [0, 0.1) is 13.8 Å². The van der Waals surface area contributed by atoms with Gasteiger partial charge in [0, 0.05) is 20.7 Å². The number of rotatable bonds is 4. The van der Waals surface area contributed by atoms with Gasteiger partial charge in [0.2, 0.25) is 0 Å². The molecule has 1 aromatic carbocycles. The van der Waals surface area contributed by atoms with E-state index in [2.05, 4.69) is 55.9 Å². The van der Waals surface area contributed by atoms with Gasteiger partial charge >= 0.3 is 0 Å². The van der Waals surface area contributed by atoms with Gasteiger partial charge in [0.15, 0.2) is 0 Å². The van der Waals surface area contributed by atoms with Crippen LogP contribution >= 0.6 is 43.2 Å². The molecule has 0 aliphatic rings. The molecule has 1 aromatic heterocycles. The Balaban J connectivity index is 2.18. The van der Waals surface area contributed by atoms with Gasteiger partial charge in [-0.1, -0.05) is 31.9 Å². The predicted molar refractivity (Wildman–Crippen MR) is 82.7 cm³/mol. The zero-order chi connectivity index (χ0) is 13.1. The minimum atomic E-state index is 0.521. The number of aromatic nitrogens is 1. The van der Waals surface area contributed by atoms with Crippen LogP contribution in [0.15, 0.2) is 22.0 Å². The summed E-state index contributed by atoms with van der Waals surface area (Å²) < 4.78 is 6.98. The first-order valence-electron chi connectivity index (χ1n) is 5.49. The van der Waals surface area contributed by atoms with Crippen molar-refractivity contribution < 1.29 is 4.74 Å². The van der Waals surface area contributed by atoms with Crippen molar-refractivity contribution in [2.45, 2.75) is 25.8 Å². The molecule has 1 heterocycles. The first-order valence-corrected chi connectivity index (χ1v) is 8.28. The second-order valence-electron chi connectivity index (χ2n) is 3.99. The molecule has 2 rings (SSSR count). The van der Waals surface area contributed by atoms with Crippen molar-refractivity contribution in [1.29, 1.82) is 0 Å². The van der Waals surface area contributed by atoms with Gasteiger partial charge in [-0.15, -0.1) is 11.3 Å². The Bertz CT molecular complexity index is 554. The zero-order valence-corrected chi connectivity index (χ0v) is 14.2. The molecule has 0 saturated carbocycles. The van der Waals surface area contributed by atoms with E-state index in [1.807, 2.05) is 12.3 Å². The molecule has 0 aliphatic heterocycles. The molecule has 0 radical (unpaired) electrons. The summed E-state index contributed by atoms with van der Waals surface area (Å²) in [6, 6.07) is 4.14. The fraction of sp³-hybridized carbons (Fsp3) is 0.308. The van der Waals surface area contributed by atoms with Crippen molar-refractivity contribution in [3.8, 4) is 5.75 Å². The Kier molecular flexibility index (Phi) is 4.81. The summed E-state index contributed by atoms with van der Waals surface area (Å²) in [6.45, 7) is 4.58. The molecule has 0 bridgehead atoms. The minimum Gasteiger partial charge on any atom is -0.487 e. The normalized spacial score (nSPS) is 10.7. The maximum absolute atomic E-state index is 5.91. The van der Waals surface area contributed by atoms with Gasteiger partial charge in [-0.25, -0.2) is 4.98 Å². The molecule has 2 aromatic rings. The molecule has 0 unspecified atom stereocenters. The Morgan fingerprint density at radius 3 is 2.72 bits per heavy atom. The van der Waals surface area contributed by atoms with E-state index in [-0.39, 0.29) is 0 Å². The lowest BCUT2D eigenvalue weighted by Gasteiger charge is -2.12. The highest BCUT2D eigenvalue weighted by Crippen LogP contribution is 2.30. The fourth-order valence-electron chi connectivity index (χ4n) is 1.73. The van der Waals surface area contributed by atoms with Gasteiger partial charge in [0.25, 0.3) is 0 Å². The van der Waals surface area contributed by atoms with Crippen LogP contribution in [0.25, 0.3) is 0 Å². The van der Waals surface area contributed by atoms with E-state index < -0.39 is 0 Å². The Hall–Kier alpha value is -0.390. The van der Waals surface area contributed by atoms with E-state index in [4.69, 9.17) is 4.74 Å². The molecule has 0 aliphatic carbocycles. The first kappa shape index (κ1) is 14.0. The van der Waals surface area contributed by atoms with E-state index in [1.165, 1.54) is 0 Å². The molecule has 0 atom stereocenters. The summed E-state index contributed by atoms with van der Waals surface area (Å²) >= 11 is 8.64. The van der Waals surface area contributed by atoms with Crippen LogP contribution < -0.4 is 4.74 Å². The van der Waals surface area contributed by atoms with Gasteiger partial charge in [-0.05, 0) is 31.5 Å². The zero-order valence-electron chi connectivity index (χ0n) is 10.2. The van der Waals surface area contributed by atoms with Crippen LogP contribution in [0.4, 0.5) is 0 Å². The number of hydrogen-bond donors (Lipinski definition) is 0. The summed E-state index contributed by atoms with van der Waals surface area (Å²) in [4.78, 5) is 4.40. The highest BCUT2D eigenvalue weighted by atomic mass is 79.9. The molecule has 5 heteroatoms.